The molecule has 1 N–H and O–H groups in total. The van der Waals surface area contributed by atoms with Crippen LogP contribution in [0.15, 0.2) is 42.5 Å². The molecule has 2 amide bonds. The number of carbonyl (C=O) groups excluding carboxylic acids is 2. The Morgan fingerprint density at radius 1 is 0.909 bits per heavy atom. The molecule has 0 spiro atoms. The molecule has 1 aliphatic rings. The highest BCUT2D eigenvalue weighted by Crippen LogP contribution is 2.37. The predicted octanol–water partition coefficient (Wildman–Crippen LogP) is 5.86. The summed E-state index contributed by atoms with van der Waals surface area (Å²) in [6.45, 7) is 0.257. The maximum absolute atomic E-state index is 13.0. The van der Waals surface area contributed by atoms with Crippen molar-refractivity contribution in [2.24, 2.45) is 5.92 Å². The van der Waals surface area contributed by atoms with Gasteiger partial charge in [0.2, 0.25) is 0 Å². The largest absolute Gasteiger partial charge is 0.497 e. The number of nitrogens with zero attached hydrogens (tertiary/aromatic N) is 1. The molecular formula is C22H20F6N2O3. The van der Waals surface area contributed by atoms with Gasteiger partial charge in [-0.15, -0.1) is 0 Å². The van der Waals surface area contributed by atoms with Gasteiger partial charge >= 0.3 is 18.4 Å². The van der Waals surface area contributed by atoms with Crippen molar-refractivity contribution < 1.29 is 40.7 Å². The quantitative estimate of drug-likeness (QED) is 0.446. The number of alkyl halides is 6. The molecule has 0 bridgehead atoms. The van der Waals surface area contributed by atoms with Crippen molar-refractivity contribution in [1.82, 2.24) is 4.90 Å². The average molecular weight is 474 g/mol. The number of amides is 2. The molecule has 33 heavy (non-hydrogen) atoms. The smallest absolute Gasteiger partial charge is 0.416 e. The summed E-state index contributed by atoms with van der Waals surface area (Å²) >= 11 is 0. The monoisotopic (exact) mass is 474 g/mol. The van der Waals surface area contributed by atoms with Crippen molar-refractivity contribution in [2.75, 3.05) is 25.5 Å². The number of carbonyl (C=O) groups is 2. The number of methoxy groups -OCH3 is 1. The standard InChI is InChI=1S/C22H20F6N2O3/c1-33-18-4-2-13(3-5-18)19(31)14-6-8-30(9-7-14)20(32)29-17-11-15(21(23,24)25)10-16(12-17)22(26,27)28/h2-5,10-12,14H,6-9H2,1H3,(H,29,32). The van der Waals surface area contributed by atoms with E-state index in [1.165, 1.54) is 12.0 Å². The normalized spacial score (nSPS) is 15.3. The second kappa shape index (κ2) is 9.32. The van der Waals surface area contributed by atoms with E-state index >= 15 is 0 Å². The van der Waals surface area contributed by atoms with Crippen LogP contribution in [0.4, 0.5) is 36.8 Å². The highest BCUT2D eigenvalue weighted by molar-refractivity contribution is 5.98. The van der Waals surface area contributed by atoms with E-state index in [4.69, 9.17) is 4.74 Å². The molecule has 178 valence electrons. The minimum atomic E-state index is -5.01. The Hall–Kier alpha value is -3.24. The molecule has 0 unspecified atom stereocenters. The van der Waals surface area contributed by atoms with E-state index in [-0.39, 0.29) is 30.9 Å². The molecule has 3 rings (SSSR count). The van der Waals surface area contributed by atoms with Gasteiger partial charge in [-0.05, 0) is 55.3 Å². The van der Waals surface area contributed by atoms with Crippen LogP contribution in [0.2, 0.25) is 0 Å². The van der Waals surface area contributed by atoms with Gasteiger partial charge in [-0.2, -0.15) is 26.3 Å². The maximum atomic E-state index is 13.0. The third-order valence-corrected chi connectivity index (χ3v) is 5.37. The number of rotatable bonds is 4. The van der Waals surface area contributed by atoms with Crippen LogP contribution >= 0.6 is 0 Å². The molecule has 11 heteroatoms. The van der Waals surface area contributed by atoms with E-state index in [0.29, 0.717) is 36.3 Å². The fourth-order valence-electron chi connectivity index (χ4n) is 3.57. The Balaban J connectivity index is 1.66. The molecule has 1 aliphatic heterocycles. The third kappa shape index (κ3) is 5.96. The second-order valence-electron chi connectivity index (χ2n) is 7.58. The molecule has 0 aliphatic carbocycles. The summed E-state index contributed by atoms with van der Waals surface area (Å²) in [6, 6.07) is 6.63. The number of anilines is 1. The van der Waals surface area contributed by atoms with Crippen molar-refractivity contribution >= 4 is 17.5 Å². The molecule has 1 fully saturated rings. The first-order valence-corrected chi connectivity index (χ1v) is 9.92. The number of benzene rings is 2. The van der Waals surface area contributed by atoms with Crippen LogP contribution in [0, 0.1) is 5.92 Å². The van der Waals surface area contributed by atoms with Crippen molar-refractivity contribution in [3.05, 3.63) is 59.2 Å². The molecule has 0 saturated carbocycles. The van der Waals surface area contributed by atoms with Crippen molar-refractivity contribution in [3.8, 4) is 5.75 Å². The summed E-state index contributed by atoms with van der Waals surface area (Å²) in [5, 5.41) is 2.11. The fourth-order valence-corrected chi connectivity index (χ4v) is 3.57. The number of hydrogen-bond donors (Lipinski definition) is 1. The first-order chi connectivity index (χ1) is 15.4. The Morgan fingerprint density at radius 3 is 1.88 bits per heavy atom. The van der Waals surface area contributed by atoms with Crippen molar-refractivity contribution in [3.63, 3.8) is 0 Å². The van der Waals surface area contributed by atoms with Crippen molar-refractivity contribution in [2.45, 2.75) is 25.2 Å². The first kappa shape index (κ1) is 24.4. The molecule has 2 aromatic rings. The van der Waals surface area contributed by atoms with Gasteiger partial charge < -0.3 is 15.0 Å². The average Bonchev–Trinajstić information content (AvgIpc) is 2.77. The van der Waals surface area contributed by atoms with Crippen molar-refractivity contribution in [1.29, 1.82) is 0 Å². The van der Waals surface area contributed by atoms with Gasteiger partial charge in [-0.1, -0.05) is 0 Å². The number of ketones is 1. The van der Waals surface area contributed by atoms with Gasteiger partial charge in [0.1, 0.15) is 5.75 Å². The van der Waals surface area contributed by atoms with E-state index in [0.717, 1.165) is 0 Å². The topological polar surface area (TPSA) is 58.6 Å². The van der Waals surface area contributed by atoms with Crippen LogP contribution in [0.1, 0.15) is 34.3 Å². The van der Waals surface area contributed by atoms with Gasteiger partial charge in [-0.25, -0.2) is 4.79 Å². The van der Waals surface area contributed by atoms with Crippen LogP contribution in [0.3, 0.4) is 0 Å². The lowest BCUT2D eigenvalue weighted by Gasteiger charge is -2.31. The van der Waals surface area contributed by atoms with E-state index in [9.17, 15) is 35.9 Å². The predicted molar refractivity (Wildman–Crippen MR) is 107 cm³/mol. The Bertz CT molecular complexity index is 978. The van der Waals surface area contributed by atoms with Gasteiger partial charge in [0.15, 0.2) is 5.78 Å². The highest BCUT2D eigenvalue weighted by Gasteiger charge is 2.37. The lowest BCUT2D eigenvalue weighted by atomic mass is 9.89. The molecule has 1 saturated heterocycles. The first-order valence-electron chi connectivity index (χ1n) is 9.92. The number of likely N-dealkylation sites (tertiary alicyclic amines) is 1. The molecule has 5 nitrogen and oxygen atoms in total. The van der Waals surface area contributed by atoms with Crippen LogP contribution in [0.25, 0.3) is 0 Å². The second-order valence-corrected chi connectivity index (χ2v) is 7.58. The number of piperidine rings is 1. The Kier molecular flexibility index (Phi) is 6.89. The highest BCUT2D eigenvalue weighted by atomic mass is 19.4. The van der Waals surface area contributed by atoms with Crippen LogP contribution in [-0.2, 0) is 12.4 Å². The van der Waals surface area contributed by atoms with E-state index in [2.05, 4.69) is 5.32 Å². The number of halogens is 6. The fraction of sp³-hybridized carbons (Fsp3) is 0.364. The molecule has 0 atom stereocenters. The molecule has 2 aromatic carbocycles. The Labute approximate surface area is 185 Å². The molecule has 1 heterocycles. The molecular weight excluding hydrogens is 454 g/mol. The summed E-state index contributed by atoms with van der Waals surface area (Å²) in [5.41, 5.74) is -3.16. The SMILES string of the molecule is COc1ccc(C(=O)C2CCN(C(=O)Nc3cc(C(F)(F)F)cc(C(F)(F)F)c3)CC2)cc1. The number of nitrogens with one attached hydrogen (secondary N) is 1. The number of hydrogen-bond acceptors (Lipinski definition) is 3. The third-order valence-electron chi connectivity index (χ3n) is 5.37. The Morgan fingerprint density at radius 2 is 1.42 bits per heavy atom. The summed E-state index contributed by atoms with van der Waals surface area (Å²) < 4.78 is 83.0. The van der Waals surface area contributed by atoms with E-state index in [1.807, 2.05) is 0 Å². The van der Waals surface area contributed by atoms with Crippen LogP contribution in [-0.4, -0.2) is 36.9 Å². The maximum Gasteiger partial charge on any atom is 0.416 e. The van der Waals surface area contributed by atoms with Gasteiger partial charge in [0.05, 0.1) is 18.2 Å². The summed E-state index contributed by atoms with van der Waals surface area (Å²) in [5.74, 6) is 0.138. The van der Waals surface area contributed by atoms with Gasteiger partial charge in [0, 0.05) is 30.3 Å². The number of ether oxygens (including phenoxy) is 1. The van der Waals surface area contributed by atoms with E-state index < -0.39 is 35.2 Å². The lowest BCUT2D eigenvalue weighted by Crippen LogP contribution is -2.42. The molecule has 0 aromatic heterocycles. The number of Topliss-reactive ketones (excluding diaryl/α,β-unsaturated/α-hetero) is 1. The zero-order valence-electron chi connectivity index (χ0n) is 17.4. The summed E-state index contributed by atoms with van der Waals surface area (Å²) in [7, 11) is 1.50. The van der Waals surface area contributed by atoms with Gasteiger partial charge in [-0.3, -0.25) is 4.79 Å². The zero-order valence-corrected chi connectivity index (χ0v) is 17.4. The van der Waals surface area contributed by atoms with Gasteiger partial charge in [0.25, 0.3) is 0 Å². The minimum Gasteiger partial charge on any atom is -0.497 e. The van der Waals surface area contributed by atoms with Crippen LogP contribution < -0.4 is 10.1 Å². The zero-order chi connectivity index (χ0) is 24.4. The summed E-state index contributed by atoms with van der Waals surface area (Å²) in [6.07, 6.45) is -9.40. The number of urea groups is 1. The molecule has 0 radical (unpaired) electrons. The summed E-state index contributed by atoms with van der Waals surface area (Å²) in [4.78, 5) is 26.4. The minimum absolute atomic E-state index is 0.00801. The lowest BCUT2D eigenvalue weighted by molar-refractivity contribution is -0.143. The van der Waals surface area contributed by atoms with Crippen LogP contribution in [0.5, 0.6) is 5.75 Å². The van der Waals surface area contributed by atoms with E-state index in [1.54, 1.807) is 24.3 Å².